The highest BCUT2D eigenvalue weighted by Gasteiger charge is 2.33. The van der Waals surface area contributed by atoms with Crippen LogP contribution in [0.4, 0.5) is 0 Å². The smallest absolute Gasteiger partial charge is 0.240 e. The summed E-state index contributed by atoms with van der Waals surface area (Å²) in [5.41, 5.74) is 3.77. The van der Waals surface area contributed by atoms with E-state index in [4.69, 9.17) is 0 Å². The van der Waals surface area contributed by atoms with Gasteiger partial charge in [-0.25, -0.2) is 9.99 Å². The molecule has 2 aromatic carbocycles. The van der Waals surface area contributed by atoms with Gasteiger partial charge in [0.15, 0.2) is 0 Å². The zero-order chi connectivity index (χ0) is 16.7. The number of rotatable bonds is 2. The molecular formula is C18H15BrN4O. The van der Waals surface area contributed by atoms with Gasteiger partial charge in [0, 0.05) is 17.8 Å². The van der Waals surface area contributed by atoms with Crippen molar-refractivity contribution in [3.05, 3.63) is 64.4 Å². The normalized spacial score (nSPS) is 17.3. The maximum Gasteiger partial charge on any atom is 0.240 e. The molecule has 24 heavy (non-hydrogen) atoms. The first-order chi connectivity index (χ1) is 11.6. The van der Waals surface area contributed by atoms with E-state index in [2.05, 4.69) is 31.0 Å². The number of benzene rings is 2. The number of aromatic nitrogens is 2. The molecule has 1 aliphatic heterocycles. The lowest BCUT2D eigenvalue weighted by atomic mass is 10.0. The zero-order valence-electron chi connectivity index (χ0n) is 13.0. The Morgan fingerprint density at radius 3 is 2.67 bits per heavy atom. The van der Waals surface area contributed by atoms with Crippen molar-refractivity contribution in [2.24, 2.45) is 5.10 Å². The Balaban J connectivity index is 1.71. The van der Waals surface area contributed by atoms with Crippen LogP contribution in [0.5, 0.6) is 0 Å². The number of para-hydroxylation sites is 2. The van der Waals surface area contributed by atoms with Crippen molar-refractivity contribution in [1.29, 1.82) is 0 Å². The van der Waals surface area contributed by atoms with Crippen molar-refractivity contribution < 1.29 is 4.79 Å². The first kappa shape index (κ1) is 15.1. The molecule has 0 fully saturated rings. The van der Waals surface area contributed by atoms with E-state index >= 15 is 0 Å². The van der Waals surface area contributed by atoms with Gasteiger partial charge in [0.05, 0.1) is 16.7 Å². The summed E-state index contributed by atoms with van der Waals surface area (Å²) in [6.07, 6.45) is 0.640. The Bertz CT molecular complexity index is 912. The number of aromatic amines is 1. The molecule has 0 spiro atoms. The fourth-order valence-electron chi connectivity index (χ4n) is 2.96. The van der Waals surface area contributed by atoms with Crippen LogP contribution in [0, 0.1) is 0 Å². The second-order valence-corrected chi connectivity index (χ2v) is 6.69. The molecule has 1 amide bonds. The number of nitrogens with one attached hydrogen (secondary N) is 1. The SMILES string of the molecule is CC(=O)N1N=C(c2ccc(Br)cc2)C[C@@H]1c1nc2ccccc2[nH]1. The van der Waals surface area contributed by atoms with Crippen LogP contribution in [0.3, 0.4) is 0 Å². The lowest BCUT2D eigenvalue weighted by Gasteiger charge is -2.17. The minimum Gasteiger partial charge on any atom is -0.340 e. The predicted octanol–water partition coefficient (Wildman–Crippen LogP) is 4.02. The van der Waals surface area contributed by atoms with E-state index < -0.39 is 0 Å². The molecule has 2 heterocycles. The van der Waals surface area contributed by atoms with Crippen LogP contribution < -0.4 is 0 Å². The number of hydrazone groups is 1. The molecule has 120 valence electrons. The molecule has 0 bridgehead atoms. The molecule has 1 atom stereocenters. The first-order valence-corrected chi connectivity index (χ1v) is 8.49. The highest BCUT2D eigenvalue weighted by molar-refractivity contribution is 9.10. The predicted molar refractivity (Wildman–Crippen MR) is 96.7 cm³/mol. The minimum atomic E-state index is -0.200. The van der Waals surface area contributed by atoms with Gasteiger partial charge < -0.3 is 4.98 Å². The lowest BCUT2D eigenvalue weighted by molar-refractivity contribution is -0.130. The van der Waals surface area contributed by atoms with Crippen LogP contribution >= 0.6 is 15.9 Å². The summed E-state index contributed by atoms with van der Waals surface area (Å²) in [4.78, 5) is 20.0. The van der Waals surface area contributed by atoms with Crippen LogP contribution in [-0.2, 0) is 4.79 Å². The largest absolute Gasteiger partial charge is 0.340 e. The standard InChI is InChI=1S/C18H15BrN4O/c1-11(24)23-17(18-20-14-4-2-3-5-15(14)21-18)10-16(22-23)12-6-8-13(19)9-7-12/h2-9,17H,10H2,1H3,(H,20,21)/t17-/m1/s1. The monoisotopic (exact) mass is 382 g/mol. The summed E-state index contributed by atoms with van der Waals surface area (Å²) in [7, 11) is 0. The second kappa shape index (κ2) is 5.87. The van der Waals surface area contributed by atoms with E-state index in [-0.39, 0.29) is 11.9 Å². The van der Waals surface area contributed by atoms with Crippen LogP contribution in [0.25, 0.3) is 11.0 Å². The van der Waals surface area contributed by atoms with E-state index in [9.17, 15) is 4.79 Å². The van der Waals surface area contributed by atoms with Crippen molar-refractivity contribution in [3.8, 4) is 0 Å². The summed E-state index contributed by atoms with van der Waals surface area (Å²) in [6, 6.07) is 15.6. The average molecular weight is 383 g/mol. The molecule has 1 aromatic heterocycles. The Kier molecular flexibility index (Phi) is 3.69. The minimum absolute atomic E-state index is 0.0902. The molecule has 1 N–H and O–H groups in total. The molecule has 0 saturated carbocycles. The fourth-order valence-corrected chi connectivity index (χ4v) is 3.23. The number of hydrogen-bond donors (Lipinski definition) is 1. The van der Waals surface area contributed by atoms with Gasteiger partial charge in [0.1, 0.15) is 11.9 Å². The summed E-state index contributed by atoms with van der Waals surface area (Å²) in [6.45, 7) is 1.53. The third kappa shape index (κ3) is 2.63. The van der Waals surface area contributed by atoms with Crippen LogP contribution in [0.2, 0.25) is 0 Å². The van der Waals surface area contributed by atoms with Crippen LogP contribution in [-0.4, -0.2) is 26.6 Å². The summed E-state index contributed by atoms with van der Waals surface area (Å²) in [5, 5.41) is 6.06. The van der Waals surface area contributed by atoms with Crippen LogP contribution in [0.15, 0.2) is 58.1 Å². The van der Waals surface area contributed by atoms with Crippen LogP contribution in [0.1, 0.15) is 30.8 Å². The third-order valence-corrected chi connectivity index (χ3v) is 4.66. The number of hydrogen-bond acceptors (Lipinski definition) is 3. The molecule has 0 radical (unpaired) electrons. The van der Waals surface area contributed by atoms with Gasteiger partial charge >= 0.3 is 0 Å². The zero-order valence-corrected chi connectivity index (χ0v) is 14.6. The first-order valence-electron chi connectivity index (χ1n) is 7.69. The molecule has 0 aliphatic carbocycles. The van der Waals surface area contributed by atoms with Crippen molar-refractivity contribution in [3.63, 3.8) is 0 Å². The maximum atomic E-state index is 12.0. The molecule has 1 aliphatic rings. The van der Waals surface area contributed by atoms with E-state index in [1.807, 2.05) is 48.5 Å². The van der Waals surface area contributed by atoms with Gasteiger partial charge in [-0.2, -0.15) is 5.10 Å². The number of carbonyl (C=O) groups is 1. The quantitative estimate of drug-likeness (QED) is 0.727. The number of nitrogens with zero attached hydrogens (tertiary/aromatic N) is 3. The Morgan fingerprint density at radius 2 is 1.96 bits per heavy atom. The molecular weight excluding hydrogens is 368 g/mol. The van der Waals surface area contributed by atoms with Gasteiger partial charge in [0.25, 0.3) is 0 Å². The second-order valence-electron chi connectivity index (χ2n) is 5.78. The van der Waals surface area contributed by atoms with E-state index in [1.165, 1.54) is 11.9 Å². The molecule has 6 heteroatoms. The lowest BCUT2D eigenvalue weighted by Crippen LogP contribution is -2.25. The number of fused-ring (bicyclic) bond motifs is 1. The van der Waals surface area contributed by atoms with E-state index in [0.29, 0.717) is 6.42 Å². The Labute approximate surface area is 147 Å². The number of imidazole rings is 1. The van der Waals surface area contributed by atoms with Crippen molar-refractivity contribution in [2.75, 3.05) is 0 Å². The average Bonchev–Trinajstić information content (AvgIpc) is 3.19. The molecule has 3 aromatic rings. The fraction of sp³-hybridized carbons (Fsp3) is 0.167. The van der Waals surface area contributed by atoms with Gasteiger partial charge in [-0.1, -0.05) is 40.2 Å². The Hall–Kier alpha value is -2.47. The molecule has 0 unspecified atom stereocenters. The highest BCUT2D eigenvalue weighted by Crippen LogP contribution is 2.32. The maximum absolute atomic E-state index is 12.0. The Morgan fingerprint density at radius 1 is 1.21 bits per heavy atom. The summed E-state index contributed by atoms with van der Waals surface area (Å²) >= 11 is 3.44. The van der Waals surface area contributed by atoms with E-state index in [1.54, 1.807) is 0 Å². The number of H-pyrrole nitrogens is 1. The number of amides is 1. The highest BCUT2D eigenvalue weighted by atomic mass is 79.9. The summed E-state index contributed by atoms with van der Waals surface area (Å²) < 4.78 is 1.02. The molecule has 5 nitrogen and oxygen atoms in total. The van der Waals surface area contributed by atoms with Gasteiger partial charge in [-0.15, -0.1) is 0 Å². The summed E-state index contributed by atoms with van der Waals surface area (Å²) in [5.74, 6) is 0.676. The third-order valence-electron chi connectivity index (χ3n) is 4.13. The topological polar surface area (TPSA) is 61.4 Å². The van der Waals surface area contributed by atoms with Crippen molar-refractivity contribution in [1.82, 2.24) is 15.0 Å². The number of halogens is 1. The number of carbonyl (C=O) groups excluding carboxylic acids is 1. The van der Waals surface area contributed by atoms with Gasteiger partial charge in [-0.3, -0.25) is 4.79 Å². The molecule has 0 saturated heterocycles. The van der Waals surface area contributed by atoms with Crippen molar-refractivity contribution in [2.45, 2.75) is 19.4 Å². The van der Waals surface area contributed by atoms with Crippen molar-refractivity contribution >= 4 is 38.6 Å². The molecule has 4 rings (SSSR count). The van der Waals surface area contributed by atoms with E-state index in [0.717, 1.165) is 32.6 Å². The van der Waals surface area contributed by atoms with Gasteiger partial charge in [0.2, 0.25) is 5.91 Å². The van der Waals surface area contributed by atoms with Gasteiger partial charge in [-0.05, 0) is 29.8 Å².